The van der Waals surface area contributed by atoms with E-state index in [0.717, 1.165) is 43.5 Å². The van der Waals surface area contributed by atoms with Gasteiger partial charge in [-0.3, -0.25) is 9.59 Å². The minimum atomic E-state index is -4.48. The lowest BCUT2D eigenvalue weighted by atomic mass is 9.72. The molecule has 0 aliphatic heterocycles. The maximum Gasteiger partial charge on any atom is 0.416 e. The van der Waals surface area contributed by atoms with Gasteiger partial charge in [0.05, 0.1) is 11.5 Å². The zero-order valence-corrected chi connectivity index (χ0v) is 17.4. The standard InChI is InChI=1S/C26H20F4O3/c27-22-10-6-17(7-11-22)24(31)20-13-18(15-4-8-21(9-5-15)26(28,29)30)12-19(14-20)23(25(32)33)16-2-1-3-16/h4-14,16,23H,1-3H2,(H,32,33). The molecule has 3 aromatic carbocycles. The lowest BCUT2D eigenvalue weighted by Crippen LogP contribution is -2.27. The molecule has 0 spiro atoms. The van der Waals surface area contributed by atoms with E-state index in [-0.39, 0.29) is 17.0 Å². The molecule has 7 heteroatoms. The molecule has 0 radical (unpaired) electrons. The number of hydrogen-bond donors (Lipinski definition) is 1. The van der Waals surface area contributed by atoms with Crippen LogP contribution in [0.3, 0.4) is 0 Å². The number of aliphatic carboxylic acids is 1. The van der Waals surface area contributed by atoms with E-state index in [4.69, 9.17) is 0 Å². The molecule has 0 saturated heterocycles. The Kier molecular flexibility index (Phi) is 6.06. The third kappa shape index (κ3) is 4.82. The smallest absolute Gasteiger partial charge is 0.416 e. The molecule has 0 bridgehead atoms. The Morgan fingerprint density at radius 1 is 0.848 bits per heavy atom. The Morgan fingerprint density at radius 2 is 1.48 bits per heavy atom. The molecule has 1 N–H and O–H groups in total. The summed E-state index contributed by atoms with van der Waals surface area (Å²) in [7, 11) is 0. The van der Waals surface area contributed by atoms with Gasteiger partial charge < -0.3 is 5.11 Å². The van der Waals surface area contributed by atoms with Crippen LogP contribution in [0.4, 0.5) is 17.6 Å². The topological polar surface area (TPSA) is 54.4 Å². The second-order valence-corrected chi connectivity index (χ2v) is 8.26. The highest BCUT2D eigenvalue weighted by atomic mass is 19.4. The number of carbonyl (C=O) groups excluding carboxylic acids is 1. The van der Waals surface area contributed by atoms with E-state index in [1.807, 2.05) is 0 Å². The Balaban J connectivity index is 1.81. The first-order valence-electron chi connectivity index (χ1n) is 10.5. The van der Waals surface area contributed by atoms with E-state index in [1.54, 1.807) is 6.07 Å². The van der Waals surface area contributed by atoms with Gasteiger partial charge in [0.2, 0.25) is 0 Å². The number of alkyl halides is 3. The second-order valence-electron chi connectivity index (χ2n) is 8.26. The first-order valence-corrected chi connectivity index (χ1v) is 10.5. The highest BCUT2D eigenvalue weighted by Crippen LogP contribution is 2.41. The zero-order valence-electron chi connectivity index (χ0n) is 17.4. The molecule has 1 saturated carbocycles. The monoisotopic (exact) mass is 456 g/mol. The van der Waals surface area contributed by atoms with Crippen LogP contribution in [-0.2, 0) is 11.0 Å². The van der Waals surface area contributed by atoms with Gasteiger partial charge in [0, 0.05) is 11.1 Å². The maximum atomic E-state index is 13.3. The fourth-order valence-corrected chi connectivity index (χ4v) is 4.14. The summed E-state index contributed by atoms with van der Waals surface area (Å²) in [4.78, 5) is 25.2. The van der Waals surface area contributed by atoms with Gasteiger partial charge in [0.25, 0.3) is 0 Å². The molecular weight excluding hydrogens is 436 g/mol. The van der Waals surface area contributed by atoms with E-state index in [9.17, 15) is 32.3 Å². The molecule has 4 rings (SSSR count). The Bertz CT molecular complexity index is 1180. The van der Waals surface area contributed by atoms with Crippen molar-refractivity contribution in [3.8, 4) is 11.1 Å². The molecular formula is C26H20F4O3. The summed E-state index contributed by atoms with van der Waals surface area (Å²) in [6.07, 6.45) is -2.05. The Morgan fingerprint density at radius 3 is 2.00 bits per heavy atom. The minimum absolute atomic E-state index is 0.0703. The molecule has 1 aliphatic rings. The number of ketones is 1. The molecule has 0 amide bonds. The predicted octanol–water partition coefficient (Wildman–Crippen LogP) is 6.71. The quantitative estimate of drug-likeness (QED) is 0.331. The van der Waals surface area contributed by atoms with Crippen molar-refractivity contribution in [1.29, 1.82) is 0 Å². The molecule has 0 heterocycles. The summed E-state index contributed by atoms with van der Waals surface area (Å²) in [6, 6.07) is 14.2. The first kappa shape index (κ1) is 22.7. The summed E-state index contributed by atoms with van der Waals surface area (Å²) >= 11 is 0. The average Bonchev–Trinajstić information content (AvgIpc) is 2.75. The van der Waals surface area contributed by atoms with Crippen molar-refractivity contribution in [2.24, 2.45) is 5.92 Å². The summed E-state index contributed by atoms with van der Waals surface area (Å²) in [5.74, 6) is -2.83. The van der Waals surface area contributed by atoms with Crippen LogP contribution in [0.15, 0.2) is 66.7 Å². The summed E-state index contributed by atoms with van der Waals surface area (Å²) < 4.78 is 52.2. The van der Waals surface area contributed by atoms with Crippen LogP contribution >= 0.6 is 0 Å². The van der Waals surface area contributed by atoms with E-state index < -0.39 is 35.2 Å². The van der Waals surface area contributed by atoms with Crippen molar-refractivity contribution in [2.45, 2.75) is 31.4 Å². The number of carboxylic acids is 1. The molecule has 1 aliphatic carbocycles. The van der Waals surface area contributed by atoms with Gasteiger partial charge in [-0.05, 0) is 84.0 Å². The summed E-state index contributed by atoms with van der Waals surface area (Å²) in [5, 5.41) is 9.87. The van der Waals surface area contributed by atoms with E-state index in [2.05, 4.69) is 0 Å². The van der Waals surface area contributed by atoms with Gasteiger partial charge in [-0.1, -0.05) is 24.6 Å². The highest BCUT2D eigenvalue weighted by Gasteiger charge is 2.35. The lowest BCUT2D eigenvalue weighted by Gasteiger charge is -2.31. The highest BCUT2D eigenvalue weighted by molar-refractivity contribution is 6.09. The molecule has 1 atom stereocenters. The molecule has 33 heavy (non-hydrogen) atoms. The van der Waals surface area contributed by atoms with Crippen molar-refractivity contribution in [3.63, 3.8) is 0 Å². The second kappa shape index (κ2) is 8.81. The number of benzene rings is 3. The van der Waals surface area contributed by atoms with Crippen LogP contribution < -0.4 is 0 Å². The van der Waals surface area contributed by atoms with Gasteiger partial charge >= 0.3 is 12.1 Å². The first-order chi connectivity index (χ1) is 15.6. The Hall–Kier alpha value is -3.48. The lowest BCUT2D eigenvalue weighted by molar-refractivity contribution is -0.141. The molecule has 1 unspecified atom stereocenters. The molecule has 1 fully saturated rings. The predicted molar refractivity (Wildman–Crippen MR) is 114 cm³/mol. The number of carboxylic acid groups (broad SMARTS) is 1. The van der Waals surface area contributed by atoms with E-state index in [0.29, 0.717) is 16.7 Å². The van der Waals surface area contributed by atoms with Crippen LogP contribution in [0.5, 0.6) is 0 Å². The van der Waals surface area contributed by atoms with Gasteiger partial charge in [0.15, 0.2) is 5.78 Å². The van der Waals surface area contributed by atoms with Crippen molar-refractivity contribution in [2.75, 3.05) is 0 Å². The van der Waals surface area contributed by atoms with Crippen molar-refractivity contribution < 1.29 is 32.3 Å². The third-order valence-electron chi connectivity index (χ3n) is 6.12. The maximum absolute atomic E-state index is 13.3. The average molecular weight is 456 g/mol. The largest absolute Gasteiger partial charge is 0.481 e. The Labute approximate surface area is 187 Å². The van der Waals surface area contributed by atoms with E-state index in [1.165, 1.54) is 36.4 Å². The van der Waals surface area contributed by atoms with Crippen molar-refractivity contribution in [3.05, 3.63) is 94.8 Å². The number of hydrogen-bond acceptors (Lipinski definition) is 2. The third-order valence-corrected chi connectivity index (χ3v) is 6.12. The summed E-state index contributed by atoms with van der Waals surface area (Å²) in [5.41, 5.74) is 0.910. The molecule has 3 nitrogen and oxygen atoms in total. The number of carbonyl (C=O) groups is 2. The van der Waals surface area contributed by atoms with E-state index >= 15 is 0 Å². The molecule has 0 aromatic heterocycles. The van der Waals surface area contributed by atoms with Crippen LogP contribution in [0.2, 0.25) is 0 Å². The van der Waals surface area contributed by atoms with Crippen LogP contribution in [0, 0.1) is 11.7 Å². The fourth-order valence-electron chi connectivity index (χ4n) is 4.14. The van der Waals surface area contributed by atoms with Gasteiger partial charge in [-0.25, -0.2) is 4.39 Å². The van der Waals surface area contributed by atoms with Gasteiger partial charge in [-0.2, -0.15) is 13.2 Å². The number of halogens is 4. The SMILES string of the molecule is O=C(c1ccc(F)cc1)c1cc(-c2ccc(C(F)(F)F)cc2)cc(C(C(=O)O)C2CCC2)c1. The zero-order chi connectivity index (χ0) is 23.8. The molecule has 170 valence electrons. The normalized spacial score (nSPS) is 15.0. The van der Waals surface area contributed by atoms with Crippen LogP contribution in [0.25, 0.3) is 11.1 Å². The molecule has 3 aromatic rings. The minimum Gasteiger partial charge on any atom is -0.481 e. The van der Waals surface area contributed by atoms with Crippen LogP contribution in [0.1, 0.15) is 52.2 Å². The van der Waals surface area contributed by atoms with Gasteiger partial charge in [0.1, 0.15) is 5.82 Å². The van der Waals surface area contributed by atoms with Crippen LogP contribution in [-0.4, -0.2) is 16.9 Å². The number of rotatable bonds is 6. The van der Waals surface area contributed by atoms with Crippen molar-refractivity contribution in [1.82, 2.24) is 0 Å². The summed E-state index contributed by atoms with van der Waals surface area (Å²) in [6.45, 7) is 0. The fraction of sp³-hybridized carbons (Fsp3) is 0.231. The van der Waals surface area contributed by atoms with Gasteiger partial charge in [-0.15, -0.1) is 0 Å². The van der Waals surface area contributed by atoms with Crippen molar-refractivity contribution >= 4 is 11.8 Å².